The number of benzene rings is 1. The summed E-state index contributed by atoms with van der Waals surface area (Å²) in [6, 6.07) is 9.98. The molecule has 0 amide bonds. The normalized spacial score (nSPS) is 14.9. The molecule has 1 aromatic carbocycles. The summed E-state index contributed by atoms with van der Waals surface area (Å²) in [6.07, 6.45) is 0. The number of aliphatic hydroxyl groups is 1. The third-order valence-corrected chi connectivity index (χ3v) is 2.89. The zero-order valence-corrected chi connectivity index (χ0v) is 8.54. The first-order valence-corrected chi connectivity index (χ1v) is 4.75. The molecule has 0 aliphatic heterocycles. The van der Waals surface area contributed by atoms with E-state index in [4.69, 9.17) is 0 Å². The van der Waals surface area contributed by atoms with Crippen molar-refractivity contribution in [1.82, 2.24) is 0 Å². The Bertz CT molecular complexity index is 281. The highest BCUT2D eigenvalue weighted by atomic mass is 32.1. The van der Waals surface area contributed by atoms with Crippen molar-refractivity contribution in [1.29, 1.82) is 0 Å². The predicted molar refractivity (Wildman–Crippen MR) is 59.4 cm³/mol. The van der Waals surface area contributed by atoms with Crippen molar-refractivity contribution in [2.45, 2.75) is 18.1 Å². The van der Waals surface area contributed by atoms with Crippen LogP contribution in [0.15, 0.2) is 42.7 Å². The summed E-state index contributed by atoms with van der Waals surface area (Å²) in [7, 11) is 0. The maximum atomic E-state index is 9.18. The number of aliphatic hydroxyl groups excluding tert-OH is 1. The molecule has 70 valence electrons. The highest BCUT2D eigenvalue weighted by Crippen LogP contribution is 2.25. The predicted octanol–water partition coefficient (Wildman–Crippen LogP) is 3.16. The van der Waals surface area contributed by atoms with Crippen LogP contribution in [0.1, 0.15) is 18.4 Å². The van der Waals surface area contributed by atoms with Gasteiger partial charge in [0.05, 0.1) is 11.0 Å². The van der Waals surface area contributed by atoms with E-state index in [0.29, 0.717) is 0 Å². The Morgan fingerprint density at radius 3 is 2.38 bits per heavy atom. The molecule has 0 aromatic heterocycles. The quantitative estimate of drug-likeness (QED) is 0.559. The highest BCUT2D eigenvalue weighted by Gasteiger charge is 2.16. The zero-order chi connectivity index (χ0) is 9.84. The summed E-state index contributed by atoms with van der Waals surface area (Å²) in [4.78, 5) is 0. The van der Waals surface area contributed by atoms with Gasteiger partial charge in [0.25, 0.3) is 0 Å². The van der Waals surface area contributed by atoms with Crippen molar-refractivity contribution in [3.63, 3.8) is 0 Å². The van der Waals surface area contributed by atoms with Gasteiger partial charge in [0, 0.05) is 0 Å². The van der Waals surface area contributed by atoms with Crippen molar-refractivity contribution >= 4 is 12.6 Å². The van der Waals surface area contributed by atoms with Crippen LogP contribution < -0.4 is 0 Å². The molecule has 0 aliphatic carbocycles. The number of thiol groups is 1. The molecule has 0 spiro atoms. The maximum Gasteiger partial charge on any atom is 0.0984 e. The first kappa shape index (κ1) is 10.2. The lowest BCUT2D eigenvalue weighted by Crippen LogP contribution is -2.11. The van der Waals surface area contributed by atoms with E-state index in [1.807, 2.05) is 37.3 Å². The lowest BCUT2D eigenvalue weighted by molar-refractivity contribution is 0.386. The number of hydrogen-bond donors (Lipinski definition) is 2. The smallest absolute Gasteiger partial charge is 0.0984 e. The fourth-order valence-electron chi connectivity index (χ4n) is 1.23. The Kier molecular flexibility index (Phi) is 3.43. The molecular weight excluding hydrogens is 180 g/mol. The largest absolute Gasteiger partial charge is 0.512 e. The summed E-state index contributed by atoms with van der Waals surface area (Å²) in [5.41, 5.74) is 1.16. The van der Waals surface area contributed by atoms with Gasteiger partial charge in [-0.15, -0.1) is 0 Å². The first-order valence-electron chi connectivity index (χ1n) is 4.23. The summed E-state index contributed by atoms with van der Waals surface area (Å²) in [6.45, 7) is 5.50. The second-order valence-corrected chi connectivity index (χ2v) is 3.69. The van der Waals surface area contributed by atoms with Crippen molar-refractivity contribution < 1.29 is 5.11 Å². The molecule has 2 atom stereocenters. The molecule has 2 heteroatoms. The maximum absolute atomic E-state index is 9.18. The molecule has 1 N–H and O–H groups in total. The van der Waals surface area contributed by atoms with E-state index in [1.165, 1.54) is 0 Å². The Hall–Kier alpha value is -0.890. The van der Waals surface area contributed by atoms with Crippen LogP contribution >= 0.6 is 12.6 Å². The minimum absolute atomic E-state index is 0.125. The van der Waals surface area contributed by atoms with Crippen LogP contribution in [-0.2, 0) is 0 Å². The second kappa shape index (κ2) is 4.38. The molecule has 0 saturated heterocycles. The molecule has 13 heavy (non-hydrogen) atoms. The fraction of sp³-hybridized carbons (Fsp3) is 0.273. The lowest BCUT2D eigenvalue weighted by atomic mass is 9.97. The average Bonchev–Trinajstić information content (AvgIpc) is 2.17. The number of rotatable bonds is 3. The Labute approximate surface area is 84.5 Å². The van der Waals surface area contributed by atoms with Gasteiger partial charge in [-0.2, -0.15) is 12.6 Å². The Morgan fingerprint density at radius 2 is 1.92 bits per heavy atom. The van der Waals surface area contributed by atoms with Gasteiger partial charge in [-0.25, -0.2) is 0 Å². The molecule has 2 unspecified atom stereocenters. The van der Waals surface area contributed by atoms with Gasteiger partial charge < -0.3 is 5.11 Å². The van der Waals surface area contributed by atoms with Crippen molar-refractivity contribution in [2.75, 3.05) is 0 Å². The molecule has 1 nitrogen and oxygen atoms in total. The third-order valence-electron chi connectivity index (χ3n) is 2.14. The van der Waals surface area contributed by atoms with E-state index in [1.54, 1.807) is 0 Å². The van der Waals surface area contributed by atoms with Gasteiger partial charge in [0.15, 0.2) is 0 Å². The van der Waals surface area contributed by atoms with E-state index < -0.39 is 0 Å². The molecule has 1 aromatic rings. The second-order valence-electron chi connectivity index (χ2n) is 3.14. The van der Waals surface area contributed by atoms with E-state index in [-0.39, 0.29) is 16.9 Å². The molecule has 1 rings (SSSR count). The van der Waals surface area contributed by atoms with Crippen LogP contribution in [0.4, 0.5) is 0 Å². The fourth-order valence-corrected chi connectivity index (χ4v) is 1.40. The minimum Gasteiger partial charge on any atom is -0.512 e. The monoisotopic (exact) mass is 194 g/mol. The van der Waals surface area contributed by atoms with Crippen molar-refractivity contribution in [2.24, 2.45) is 0 Å². The van der Waals surface area contributed by atoms with E-state index in [2.05, 4.69) is 19.2 Å². The molecule has 0 saturated carbocycles. The zero-order valence-electron chi connectivity index (χ0n) is 7.64. The van der Waals surface area contributed by atoms with Crippen LogP contribution in [0.5, 0.6) is 0 Å². The Morgan fingerprint density at radius 1 is 1.38 bits per heavy atom. The standard InChI is InChI=1S/C11H14OS/c1-8(11(13)9(2)12)10-6-4-3-5-7-10/h3-8,11-13H,2H2,1H3. The first-order chi connectivity index (χ1) is 6.13. The molecule has 0 radical (unpaired) electrons. The number of hydrogen-bond acceptors (Lipinski definition) is 2. The third kappa shape index (κ3) is 2.52. The highest BCUT2D eigenvalue weighted by molar-refractivity contribution is 7.81. The summed E-state index contributed by atoms with van der Waals surface area (Å²) >= 11 is 4.28. The van der Waals surface area contributed by atoms with Gasteiger partial charge in [0.1, 0.15) is 0 Å². The molecular formula is C11H14OS. The van der Waals surface area contributed by atoms with Crippen LogP contribution in [-0.4, -0.2) is 10.4 Å². The summed E-state index contributed by atoms with van der Waals surface area (Å²) < 4.78 is 0. The minimum atomic E-state index is -0.192. The van der Waals surface area contributed by atoms with Gasteiger partial charge in [-0.05, 0) is 11.5 Å². The van der Waals surface area contributed by atoms with Crippen LogP contribution in [0.25, 0.3) is 0 Å². The topological polar surface area (TPSA) is 20.2 Å². The van der Waals surface area contributed by atoms with Crippen molar-refractivity contribution in [3.05, 3.63) is 48.2 Å². The average molecular weight is 194 g/mol. The molecule has 0 bridgehead atoms. The SMILES string of the molecule is C=C(O)C(S)C(C)c1ccccc1. The summed E-state index contributed by atoms with van der Waals surface area (Å²) in [5, 5.41) is 8.99. The van der Waals surface area contributed by atoms with Gasteiger partial charge >= 0.3 is 0 Å². The van der Waals surface area contributed by atoms with E-state index in [9.17, 15) is 5.11 Å². The van der Waals surface area contributed by atoms with Crippen LogP contribution in [0, 0.1) is 0 Å². The Balaban J connectivity index is 2.79. The molecule has 0 aliphatic rings. The van der Waals surface area contributed by atoms with Crippen LogP contribution in [0.2, 0.25) is 0 Å². The van der Waals surface area contributed by atoms with Crippen molar-refractivity contribution in [3.8, 4) is 0 Å². The molecule has 0 heterocycles. The summed E-state index contributed by atoms with van der Waals surface area (Å²) in [5.74, 6) is 0.307. The van der Waals surface area contributed by atoms with Gasteiger partial charge in [0.2, 0.25) is 0 Å². The van der Waals surface area contributed by atoms with Gasteiger partial charge in [-0.3, -0.25) is 0 Å². The molecule has 0 fully saturated rings. The van der Waals surface area contributed by atoms with Crippen LogP contribution in [0.3, 0.4) is 0 Å². The van der Waals surface area contributed by atoms with E-state index in [0.717, 1.165) is 5.56 Å². The van der Waals surface area contributed by atoms with Gasteiger partial charge in [-0.1, -0.05) is 43.8 Å². The van der Waals surface area contributed by atoms with E-state index >= 15 is 0 Å². The lowest BCUT2D eigenvalue weighted by Gasteiger charge is -2.18.